The zero-order valence-corrected chi connectivity index (χ0v) is 20.3. The number of Topliss-reactive ketones (excluding diaryl/α,β-unsaturated/α-hetero) is 1. The zero-order valence-electron chi connectivity index (χ0n) is 20.3. The van der Waals surface area contributed by atoms with Crippen molar-refractivity contribution < 1.29 is 29.3 Å². The number of carbonyl (C=O) groups is 2. The first-order valence-corrected chi connectivity index (χ1v) is 11.8. The van der Waals surface area contributed by atoms with E-state index in [0.717, 1.165) is 11.1 Å². The number of phenols is 1. The molecule has 1 heterocycles. The van der Waals surface area contributed by atoms with Gasteiger partial charge in [0, 0.05) is 13.0 Å². The van der Waals surface area contributed by atoms with Crippen molar-refractivity contribution in [3.05, 3.63) is 101 Å². The highest BCUT2D eigenvalue weighted by atomic mass is 16.5. The molecule has 0 saturated carbocycles. The number of carbonyl (C=O) groups excluding carboxylic acids is 2. The summed E-state index contributed by atoms with van der Waals surface area (Å²) in [4.78, 5) is 28.2. The molecule has 7 heteroatoms. The quantitative estimate of drug-likeness (QED) is 0.422. The minimum absolute atomic E-state index is 0.0468. The van der Waals surface area contributed by atoms with Crippen molar-refractivity contribution in [3.63, 3.8) is 0 Å². The summed E-state index contributed by atoms with van der Waals surface area (Å²) in [6, 6.07) is 20.7. The number of aromatic hydroxyl groups is 1. The van der Waals surface area contributed by atoms with Gasteiger partial charge in [-0.2, -0.15) is 0 Å². The summed E-state index contributed by atoms with van der Waals surface area (Å²) in [6.07, 6.45) is 0.615. The van der Waals surface area contributed by atoms with E-state index in [1.165, 1.54) is 11.0 Å². The van der Waals surface area contributed by atoms with Gasteiger partial charge in [-0.15, -0.1) is 0 Å². The molecule has 0 aliphatic carbocycles. The molecule has 4 rings (SSSR count). The maximum absolute atomic E-state index is 13.4. The molecule has 2 N–H and O–H groups in total. The van der Waals surface area contributed by atoms with Crippen molar-refractivity contribution in [1.82, 2.24) is 4.90 Å². The maximum Gasteiger partial charge on any atom is 0.290 e. The Labute approximate surface area is 210 Å². The molecule has 36 heavy (non-hydrogen) atoms. The van der Waals surface area contributed by atoms with Gasteiger partial charge in [0.15, 0.2) is 23.0 Å². The number of aryl methyl sites for hydroxylation is 1. The number of methoxy groups -OCH3 is 1. The molecular weight excluding hydrogens is 458 g/mol. The van der Waals surface area contributed by atoms with Gasteiger partial charge in [-0.3, -0.25) is 9.59 Å². The summed E-state index contributed by atoms with van der Waals surface area (Å²) in [5.74, 6) is -0.659. The predicted molar refractivity (Wildman–Crippen MR) is 135 cm³/mol. The van der Waals surface area contributed by atoms with Crippen LogP contribution in [0.5, 0.6) is 17.2 Å². The molecule has 1 aliphatic rings. The van der Waals surface area contributed by atoms with Crippen LogP contribution in [0.4, 0.5) is 0 Å². The highest BCUT2D eigenvalue weighted by Crippen LogP contribution is 2.42. The largest absolute Gasteiger partial charge is 0.504 e. The molecule has 0 radical (unpaired) electrons. The van der Waals surface area contributed by atoms with Crippen LogP contribution in [0.15, 0.2) is 84.1 Å². The van der Waals surface area contributed by atoms with Crippen LogP contribution < -0.4 is 9.47 Å². The van der Waals surface area contributed by atoms with Crippen LogP contribution in [0.25, 0.3) is 0 Å². The summed E-state index contributed by atoms with van der Waals surface area (Å²) in [7, 11) is 1.56. The van der Waals surface area contributed by atoms with Crippen molar-refractivity contribution in [2.75, 3.05) is 13.7 Å². The highest BCUT2D eigenvalue weighted by molar-refractivity contribution is 6.09. The average molecular weight is 488 g/mol. The Bertz CT molecular complexity index is 1280. The summed E-state index contributed by atoms with van der Waals surface area (Å²) < 4.78 is 10.8. The van der Waals surface area contributed by atoms with Gasteiger partial charge >= 0.3 is 0 Å². The number of phenolic OH excluding ortho intramolecular Hbond substituents is 1. The van der Waals surface area contributed by atoms with Crippen LogP contribution in [0.2, 0.25) is 0 Å². The smallest absolute Gasteiger partial charge is 0.290 e. The third-order valence-electron chi connectivity index (χ3n) is 6.17. The standard InChI is InChI=1S/C29H29NO6/c1-3-36-25-17-21(13-15-23(25)31)27-26(24(32)14-12-19-8-5-4-6-9-19)28(33)29(34)30(27)18-20-10-7-11-22(16-20)35-2/h4-11,13,15-17,27,31,33H,3,12,14,18H2,1-2H3. The van der Waals surface area contributed by atoms with Gasteiger partial charge in [0.1, 0.15) is 5.75 Å². The number of aliphatic hydroxyl groups is 1. The van der Waals surface area contributed by atoms with Crippen LogP contribution in [-0.2, 0) is 22.6 Å². The van der Waals surface area contributed by atoms with Crippen molar-refractivity contribution >= 4 is 11.7 Å². The van der Waals surface area contributed by atoms with Gasteiger partial charge in [0.2, 0.25) is 0 Å². The Morgan fingerprint density at radius 2 is 1.72 bits per heavy atom. The van der Waals surface area contributed by atoms with Gasteiger partial charge < -0.3 is 24.6 Å². The second-order valence-electron chi connectivity index (χ2n) is 8.52. The lowest BCUT2D eigenvalue weighted by atomic mass is 9.92. The predicted octanol–water partition coefficient (Wildman–Crippen LogP) is 4.90. The number of hydrogen-bond donors (Lipinski definition) is 2. The fraction of sp³-hybridized carbons (Fsp3) is 0.241. The average Bonchev–Trinajstić information content (AvgIpc) is 3.14. The molecule has 0 spiro atoms. The first-order chi connectivity index (χ1) is 17.4. The molecule has 3 aromatic rings. The Morgan fingerprint density at radius 1 is 0.972 bits per heavy atom. The monoisotopic (exact) mass is 487 g/mol. The Balaban J connectivity index is 1.71. The number of hydrogen-bond acceptors (Lipinski definition) is 6. The number of ether oxygens (including phenoxy) is 2. The molecular formula is C29H29NO6. The van der Waals surface area contributed by atoms with Gasteiger partial charge in [-0.05, 0) is 54.3 Å². The minimum atomic E-state index is -0.841. The van der Waals surface area contributed by atoms with Crippen molar-refractivity contribution in [1.29, 1.82) is 0 Å². The normalized spacial score (nSPS) is 15.3. The van der Waals surface area contributed by atoms with E-state index in [9.17, 15) is 19.8 Å². The lowest BCUT2D eigenvalue weighted by Crippen LogP contribution is -2.30. The second-order valence-corrected chi connectivity index (χ2v) is 8.52. The third-order valence-corrected chi connectivity index (χ3v) is 6.17. The van der Waals surface area contributed by atoms with E-state index in [1.54, 1.807) is 38.3 Å². The van der Waals surface area contributed by atoms with E-state index in [1.807, 2.05) is 42.5 Å². The van der Waals surface area contributed by atoms with Crippen LogP contribution in [0.1, 0.15) is 36.1 Å². The topological polar surface area (TPSA) is 96.3 Å². The van der Waals surface area contributed by atoms with Crippen molar-refractivity contribution in [2.45, 2.75) is 32.4 Å². The maximum atomic E-state index is 13.4. The third kappa shape index (κ3) is 5.20. The second kappa shape index (κ2) is 11.0. The molecule has 1 unspecified atom stereocenters. The molecule has 186 valence electrons. The first-order valence-electron chi connectivity index (χ1n) is 11.8. The number of nitrogens with zero attached hydrogens (tertiary/aromatic N) is 1. The van der Waals surface area contributed by atoms with E-state index in [-0.39, 0.29) is 35.8 Å². The summed E-state index contributed by atoms with van der Waals surface area (Å²) >= 11 is 0. The summed E-state index contributed by atoms with van der Waals surface area (Å²) in [6.45, 7) is 2.27. The van der Waals surface area contributed by atoms with E-state index >= 15 is 0 Å². The van der Waals surface area contributed by atoms with Crippen LogP contribution in [-0.4, -0.2) is 40.5 Å². The van der Waals surface area contributed by atoms with E-state index < -0.39 is 17.7 Å². The van der Waals surface area contributed by atoms with Gasteiger partial charge in [-0.1, -0.05) is 48.5 Å². The molecule has 3 aromatic carbocycles. The van der Waals surface area contributed by atoms with Crippen LogP contribution in [0.3, 0.4) is 0 Å². The lowest BCUT2D eigenvalue weighted by molar-refractivity contribution is -0.130. The number of amides is 1. The number of aliphatic hydroxyl groups excluding tert-OH is 1. The summed E-state index contributed by atoms with van der Waals surface area (Å²) in [5.41, 5.74) is 2.37. The molecule has 0 aromatic heterocycles. The van der Waals surface area contributed by atoms with Gasteiger partial charge in [0.25, 0.3) is 5.91 Å². The number of ketones is 1. The fourth-order valence-corrected chi connectivity index (χ4v) is 4.42. The Kier molecular flexibility index (Phi) is 7.59. The van der Waals surface area contributed by atoms with E-state index in [0.29, 0.717) is 24.3 Å². The molecule has 1 aliphatic heterocycles. The first kappa shape index (κ1) is 24.9. The highest BCUT2D eigenvalue weighted by Gasteiger charge is 2.43. The molecule has 1 atom stereocenters. The lowest BCUT2D eigenvalue weighted by Gasteiger charge is -2.27. The molecule has 7 nitrogen and oxygen atoms in total. The van der Waals surface area contributed by atoms with Crippen molar-refractivity contribution in [2.24, 2.45) is 0 Å². The van der Waals surface area contributed by atoms with E-state index in [4.69, 9.17) is 9.47 Å². The SMILES string of the molecule is CCOc1cc(C2C(C(=O)CCc3ccccc3)=C(O)C(=O)N2Cc2cccc(OC)c2)ccc1O. The van der Waals surface area contributed by atoms with Gasteiger partial charge in [0.05, 0.1) is 25.3 Å². The molecule has 0 saturated heterocycles. The van der Waals surface area contributed by atoms with Crippen molar-refractivity contribution in [3.8, 4) is 17.2 Å². The number of benzene rings is 3. The fourth-order valence-electron chi connectivity index (χ4n) is 4.42. The zero-order chi connectivity index (χ0) is 25.7. The summed E-state index contributed by atoms with van der Waals surface area (Å²) in [5, 5.41) is 21.1. The molecule has 0 fully saturated rings. The van der Waals surface area contributed by atoms with Gasteiger partial charge in [-0.25, -0.2) is 0 Å². The number of rotatable bonds is 10. The Morgan fingerprint density at radius 3 is 2.44 bits per heavy atom. The van der Waals surface area contributed by atoms with Crippen LogP contribution >= 0.6 is 0 Å². The molecule has 0 bridgehead atoms. The Hall–Kier alpha value is -4.26. The molecule has 1 amide bonds. The minimum Gasteiger partial charge on any atom is -0.504 e. The van der Waals surface area contributed by atoms with E-state index in [2.05, 4.69) is 0 Å². The van der Waals surface area contributed by atoms with Crippen LogP contribution in [0, 0.1) is 0 Å².